The van der Waals surface area contributed by atoms with Crippen LogP contribution in [0.25, 0.3) is 0 Å². The molecule has 1 unspecified atom stereocenters. The second-order valence-corrected chi connectivity index (χ2v) is 3.75. The van der Waals surface area contributed by atoms with E-state index in [1.807, 2.05) is 0 Å². The fraction of sp³-hybridized carbons (Fsp3) is 0.500. The Morgan fingerprint density at radius 3 is 2.76 bits per heavy atom. The van der Waals surface area contributed by atoms with Gasteiger partial charge in [-0.2, -0.15) is 0 Å². The molecule has 17 heavy (non-hydrogen) atoms. The van der Waals surface area contributed by atoms with Crippen molar-refractivity contribution in [3.05, 3.63) is 30.1 Å². The van der Waals surface area contributed by atoms with Crippen LogP contribution in [0, 0.1) is 0 Å². The topological polar surface area (TPSA) is 68.7 Å². The van der Waals surface area contributed by atoms with Crippen molar-refractivity contribution in [2.75, 3.05) is 20.3 Å². The Morgan fingerprint density at radius 1 is 1.47 bits per heavy atom. The van der Waals surface area contributed by atoms with Gasteiger partial charge in [0.2, 0.25) is 5.60 Å². The maximum atomic E-state index is 11.3. The summed E-state index contributed by atoms with van der Waals surface area (Å²) in [4.78, 5) is 15.3. The minimum atomic E-state index is -1.41. The molecule has 0 aliphatic heterocycles. The van der Waals surface area contributed by atoms with Gasteiger partial charge in [0.25, 0.3) is 0 Å². The molecule has 0 spiro atoms. The molecular formula is C12H17NO4. The maximum Gasteiger partial charge on any atom is 0.342 e. The molecule has 0 aliphatic carbocycles. The summed E-state index contributed by atoms with van der Waals surface area (Å²) in [5, 5.41) is 9.25. The molecule has 1 atom stereocenters. The van der Waals surface area contributed by atoms with E-state index in [1.54, 1.807) is 31.5 Å². The summed E-state index contributed by atoms with van der Waals surface area (Å²) in [6.07, 6.45) is 2.20. The van der Waals surface area contributed by atoms with Crippen molar-refractivity contribution >= 4 is 5.97 Å². The number of nitrogens with zero attached hydrogens (tertiary/aromatic N) is 1. The smallest absolute Gasteiger partial charge is 0.342 e. The lowest BCUT2D eigenvalue weighted by Gasteiger charge is -2.24. The van der Waals surface area contributed by atoms with Crippen LogP contribution < -0.4 is 0 Å². The number of carbonyl (C=O) groups is 1. The van der Waals surface area contributed by atoms with Crippen LogP contribution in [0.5, 0.6) is 0 Å². The van der Waals surface area contributed by atoms with Gasteiger partial charge in [0, 0.05) is 19.9 Å². The highest BCUT2D eigenvalue weighted by Crippen LogP contribution is 2.23. The van der Waals surface area contributed by atoms with E-state index in [9.17, 15) is 9.90 Å². The Balaban J connectivity index is 2.73. The molecule has 0 aromatic carbocycles. The van der Waals surface area contributed by atoms with E-state index in [0.717, 1.165) is 0 Å². The molecule has 0 amide bonds. The summed E-state index contributed by atoms with van der Waals surface area (Å²) in [7, 11) is 1.59. The third kappa shape index (κ3) is 3.51. The molecule has 1 rings (SSSR count). The molecule has 0 saturated heterocycles. The SMILES string of the molecule is COCCCOC(C)(C(=O)O)c1ccccn1. The van der Waals surface area contributed by atoms with Crippen molar-refractivity contribution < 1.29 is 19.4 Å². The number of aromatic nitrogens is 1. The molecule has 0 aliphatic rings. The number of methoxy groups -OCH3 is 1. The second kappa shape index (κ2) is 6.32. The lowest BCUT2D eigenvalue weighted by molar-refractivity contribution is -0.166. The molecule has 1 aromatic rings. The van der Waals surface area contributed by atoms with Gasteiger partial charge in [-0.3, -0.25) is 4.98 Å². The van der Waals surface area contributed by atoms with Gasteiger partial charge in [-0.05, 0) is 25.5 Å². The van der Waals surface area contributed by atoms with Crippen LogP contribution in [0.4, 0.5) is 0 Å². The van der Waals surface area contributed by atoms with Gasteiger partial charge in [-0.1, -0.05) is 6.07 Å². The normalized spacial score (nSPS) is 14.2. The van der Waals surface area contributed by atoms with E-state index in [1.165, 1.54) is 6.92 Å². The summed E-state index contributed by atoms with van der Waals surface area (Å²) in [5.41, 5.74) is -1.01. The van der Waals surface area contributed by atoms with E-state index in [2.05, 4.69) is 4.98 Å². The largest absolute Gasteiger partial charge is 0.479 e. The number of hydrogen-bond acceptors (Lipinski definition) is 4. The van der Waals surface area contributed by atoms with Crippen LogP contribution in [0.2, 0.25) is 0 Å². The summed E-state index contributed by atoms with van der Waals surface area (Å²) in [6, 6.07) is 5.11. The predicted molar refractivity (Wildman–Crippen MR) is 61.7 cm³/mol. The van der Waals surface area contributed by atoms with E-state index in [4.69, 9.17) is 9.47 Å². The first-order valence-electron chi connectivity index (χ1n) is 5.39. The van der Waals surface area contributed by atoms with Crippen molar-refractivity contribution in [2.45, 2.75) is 18.9 Å². The Kier molecular flexibility index (Phi) is 5.06. The molecule has 5 nitrogen and oxygen atoms in total. The average molecular weight is 239 g/mol. The zero-order chi connectivity index (χ0) is 12.7. The zero-order valence-corrected chi connectivity index (χ0v) is 10.0. The first-order chi connectivity index (χ1) is 8.11. The summed E-state index contributed by atoms with van der Waals surface area (Å²) in [6.45, 7) is 2.36. The number of pyridine rings is 1. The summed E-state index contributed by atoms with van der Waals surface area (Å²) >= 11 is 0. The second-order valence-electron chi connectivity index (χ2n) is 3.75. The van der Waals surface area contributed by atoms with Gasteiger partial charge < -0.3 is 14.6 Å². The van der Waals surface area contributed by atoms with E-state index >= 15 is 0 Å². The molecule has 1 N–H and O–H groups in total. The van der Waals surface area contributed by atoms with Crippen molar-refractivity contribution in [3.8, 4) is 0 Å². The molecule has 0 saturated carbocycles. The molecule has 1 aromatic heterocycles. The van der Waals surface area contributed by atoms with Crippen LogP contribution in [-0.4, -0.2) is 36.4 Å². The standard InChI is InChI=1S/C12H17NO4/c1-12(11(14)15,17-9-5-8-16-2)10-6-3-4-7-13-10/h3-4,6-7H,5,8-9H2,1-2H3,(H,14,15). The van der Waals surface area contributed by atoms with Crippen LogP contribution in [0.15, 0.2) is 24.4 Å². The number of ether oxygens (including phenoxy) is 2. The molecule has 5 heteroatoms. The lowest BCUT2D eigenvalue weighted by atomic mass is 10.0. The third-order valence-electron chi connectivity index (χ3n) is 2.45. The van der Waals surface area contributed by atoms with Gasteiger partial charge in [0.15, 0.2) is 0 Å². The highest BCUT2D eigenvalue weighted by Gasteiger charge is 2.37. The monoisotopic (exact) mass is 239 g/mol. The number of aliphatic carboxylic acids is 1. The van der Waals surface area contributed by atoms with Crippen molar-refractivity contribution in [2.24, 2.45) is 0 Å². The highest BCUT2D eigenvalue weighted by atomic mass is 16.5. The zero-order valence-electron chi connectivity index (χ0n) is 10.0. The van der Waals surface area contributed by atoms with Gasteiger partial charge in [-0.25, -0.2) is 4.79 Å². The summed E-state index contributed by atoms with van der Waals surface area (Å²) in [5.74, 6) is -1.05. The maximum absolute atomic E-state index is 11.3. The Labute approximate surface area is 100 Å². The quantitative estimate of drug-likeness (QED) is 0.729. The van der Waals surface area contributed by atoms with Crippen molar-refractivity contribution in [1.29, 1.82) is 0 Å². The molecule has 0 radical (unpaired) electrons. The Bertz CT molecular complexity index is 355. The minimum absolute atomic E-state index is 0.313. The number of carboxylic acid groups (broad SMARTS) is 1. The number of carboxylic acids is 1. The van der Waals surface area contributed by atoms with Gasteiger partial charge in [-0.15, -0.1) is 0 Å². The van der Waals surface area contributed by atoms with Crippen molar-refractivity contribution in [1.82, 2.24) is 4.98 Å². The highest BCUT2D eigenvalue weighted by molar-refractivity contribution is 5.78. The van der Waals surface area contributed by atoms with Gasteiger partial charge in [0.05, 0.1) is 12.3 Å². The van der Waals surface area contributed by atoms with E-state index < -0.39 is 11.6 Å². The predicted octanol–water partition coefficient (Wildman–Crippen LogP) is 1.43. The lowest BCUT2D eigenvalue weighted by Crippen LogP contribution is -2.36. The fourth-order valence-electron chi connectivity index (χ4n) is 1.37. The Morgan fingerprint density at radius 2 is 2.24 bits per heavy atom. The number of hydrogen-bond donors (Lipinski definition) is 1. The molecule has 0 bridgehead atoms. The third-order valence-corrected chi connectivity index (χ3v) is 2.45. The first kappa shape index (κ1) is 13.6. The van der Waals surface area contributed by atoms with Gasteiger partial charge >= 0.3 is 5.97 Å². The van der Waals surface area contributed by atoms with Crippen LogP contribution in [0.1, 0.15) is 19.0 Å². The van der Waals surface area contributed by atoms with Crippen LogP contribution in [0.3, 0.4) is 0 Å². The van der Waals surface area contributed by atoms with E-state index in [0.29, 0.717) is 25.3 Å². The molecular weight excluding hydrogens is 222 g/mol. The summed E-state index contributed by atoms with van der Waals surface area (Å²) < 4.78 is 10.3. The first-order valence-corrected chi connectivity index (χ1v) is 5.39. The van der Waals surface area contributed by atoms with E-state index in [-0.39, 0.29) is 0 Å². The average Bonchev–Trinajstić information content (AvgIpc) is 2.35. The molecule has 94 valence electrons. The number of rotatable bonds is 7. The minimum Gasteiger partial charge on any atom is -0.479 e. The fourth-order valence-corrected chi connectivity index (χ4v) is 1.37. The Hall–Kier alpha value is -1.46. The molecule has 1 heterocycles. The van der Waals surface area contributed by atoms with Gasteiger partial charge in [0.1, 0.15) is 0 Å². The van der Waals surface area contributed by atoms with Crippen LogP contribution in [-0.2, 0) is 19.9 Å². The van der Waals surface area contributed by atoms with Crippen molar-refractivity contribution in [3.63, 3.8) is 0 Å². The molecule has 0 fully saturated rings. The van der Waals surface area contributed by atoms with Crippen LogP contribution >= 0.6 is 0 Å².